The maximum Gasteiger partial charge on any atom is 0.145 e. The smallest absolute Gasteiger partial charge is 0.145 e. The molecule has 158 valence electrons. The van der Waals surface area contributed by atoms with Crippen LogP contribution in [-0.4, -0.2) is 19.9 Å². The highest BCUT2D eigenvalue weighted by Gasteiger charge is 2.08. The van der Waals surface area contributed by atoms with Crippen molar-refractivity contribution < 1.29 is 4.74 Å². The average molecular weight is 429 g/mol. The van der Waals surface area contributed by atoms with E-state index in [9.17, 15) is 0 Å². The number of fused-ring (bicyclic) bond motifs is 1. The molecule has 1 N–H and O–H groups in total. The quantitative estimate of drug-likeness (QED) is 0.372. The lowest BCUT2D eigenvalue weighted by atomic mass is 10.1. The molecule has 5 rings (SSSR count). The molecule has 0 spiro atoms. The number of nitrogens with one attached hydrogen (secondary N) is 1. The standard InChI is InChI=1S/C27H19N5O/c1-19-14-22(9-11-26(19)33-23-5-3-13-29-17-23)32-27-24-15-20(8-10-25(24)30-18-31-27)6-7-21-4-2-12-28-16-21/h2-5,8-18H,1H3,(H,30,31,32). The van der Waals surface area contributed by atoms with Crippen molar-refractivity contribution in [2.75, 3.05) is 5.32 Å². The lowest BCUT2D eigenvalue weighted by molar-refractivity contribution is 0.476. The Morgan fingerprint density at radius 1 is 0.818 bits per heavy atom. The van der Waals surface area contributed by atoms with Crippen molar-refractivity contribution in [3.63, 3.8) is 0 Å². The third-order valence-electron chi connectivity index (χ3n) is 4.95. The van der Waals surface area contributed by atoms with Gasteiger partial charge in [-0.15, -0.1) is 0 Å². The van der Waals surface area contributed by atoms with Crippen LogP contribution in [0, 0.1) is 18.8 Å². The van der Waals surface area contributed by atoms with Gasteiger partial charge in [-0.3, -0.25) is 9.97 Å². The second-order valence-corrected chi connectivity index (χ2v) is 7.34. The summed E-state index contributed by atoms with van der Waals surface area (Å²) in [6.07, 6.45) is 8.43. The fourth-order valence-electron chi connectivity index (χ4n) is 3.33. The second kappa shape index (κ2) is 9.16. The van der Waals surface area contributed by atoms with Crippen LogP contribution in [0.25, 0.3) is 10.9 Å². The number of rotatable bonds is 4. The monoisotopic (exact) mass is 429 g/mol. The van der Waals surface area contributed by atoms with E-state index in [1.807, 2.05) is 67.6 Å². The number of aryl methyl sites for hydroxylation is 1. The summed E-state index contributed by atoms with van der Waals surface area (Å²) in [5.74, 6) is 8.51. The first-order chi connectivity index (χ1) is 16.2. The average Bonchev–Trinajstić information content (AvgIpc) is 2.86. The Hall–Kier alpha value is -4.76. The second-order valence-electron chi connectivity index (χ2n) is 7.34. The molecule has 0 atom stereocenters. The van der Waals surface area contributed by atoms with Crippen molar-refractivity contribution in [3.05, 3.63) is 108 Å². The van der Waals surface area contributed by atoms with Gasteiger partial charge in [-0.1, -0.05) is 11.8 Å². The van der Waals surface area contributed by atoms with E-state index in [1.165, 1.54) is 0 Å². The van der Waals surface area contributed by atoms with Crippen LogP contribution < -0.4 is 10.1 Å². The van der Waals surface area contributed by atoms with Crippen molar-refractivity contribution in [1.82, 2.24) is 19.9 Å². The third kappa shape index (κ3) is 4.78. The van der Waals surface area contributed by atoms with Gasteiger partial charge in [-0.2, -0.15) is 0 Å². The molecule has 5 aromatic rings. The van der Waals surface area contributed by atoms with Crippen LogP contribution in [0.15, 0.2) is 91.8 Å². The fraction of sp³-hybridized carbons (Fsp3) is 0.0370. The number of anilines is 2. The van der Waals surface area contributed by atoms with Gasteiger partial charge in [0.1, 0.15) is 23.6 Å². The first-order valence-electron chi connectivity index (χ1n) is 10.4. The molecular formula is C27H19N5O. The molecule has 0 fully saturated rings. The van der Waals surface area contributed by atoms with E-state index < -0.39 is 0 Å². The van der Waals surface area contributed by atoms with Crippen molar-refractivity contribution in [3.8, 4) is 23.3 Å². The predicted molar refractivity (Wildman–Crippen MR) is 129 cm³/mol. The van der Waals surface area contributed by atoms with Crippen LogP contribution in [0.3, 0.4) is 0 Å². The molecule has 0 unspecified atom stereocenters. The molecule has 0 aliphatic heterocycles. The molecule has 0 saturated heterocycles. The van der Waals surface area contributed by atoms with Gasteiger partial charge in [0.05, 0.1) is 11.7 Å². The summed E-state index contributed by atoms with van der Waals surface area (Å²) in [5, 5.41) is 4.30. The van der Waals surface area contributed by atoms with Gasteiger partial charge in [0, 0.05) is 40.8 Å². The first kappa shape index (κ1) is 20.2. The predicted octanol–water partition coefficient (Wildman–Crippen LogP) is 5.66. The Balaban J connectivity index is 1.41. The summed E-state index contributed by atoms with van der Waals surface area (Å²) in [4.78, 5) is 17.0. The summed E-state index contributed by atoms with van der Waals surface area (Å²) in [7, 11) is 0. The van der Waals surface area contributed by atoms with Crippen LogP contribution >= 0.6 is 0 Å². The van der Waals surface area contributed by atoms with E-state index in [2.05, 4.69) is 37.1 Å². The Morgan fingerprint density at radius 2 is 1.67 bits per heavy atom. The van der Waals surface area contributed by atoms with Crippen LogP contribution in [0.5, 0.6) is 11.5 Å². The fourth-order valence-corrected chi connectivity index (χ4v) is 3.33. The topological polar surface area (TPSA) is 72.8 Å². The van der Waals surface area contributed by atoms with Crippen molar-refractivity contribution in [2.24, 2.45) is 0 Å². The molecule has 0 bridgehead atoms. The summed E-state index contributed by atoms with van der Waals surface area (Å²) in [6.45, 7) is 2.00. The first-order valence-corrected chi connectivity index (χ1v) is 10.4. The summed E-state index contributed by atoms with van der Waals surface area (Å²) in [6, 6.07) is 19.3. The molecule has 6 heteroatoms. The van der Waals surface area contributed by atoms with E-state index in [1.54, 1.807) is 31.1 Å². The summed E-state index contributed by atoms with van der Waals surface area (Å²) < 4.78 is 5.93. The normalized spacial score (nSPS) is 10.3. The SMILES string of the molecule is Cc1cc(Nc2ncnc3ccc(C#Cc4cccnc4)cc23)ccc1Oc1cccnc1. The maximum absolute atomic E-state index is 5.93. The summed E-state index contributed by atoms with van der Waals surface area (Å²) >= 11 is 0. The maximum atomic E-state index is 5.93. The number of aromatic nitrogens is 4. The van der Waals surface area contributed by atoms with Crippen LogP contribution in [0.1, 0.15) is 16.7 Å². The van der Waals surface area contributed by atoms with Gasteiger partial charge in [0.25, 0.3) is 0 Å². The largest absolute Gasteiger partial charge is 0.455 e. The number of benzene rings is 2. The van der Waals surface area contributed by atoms with E-state index in [4.69, 9.17) is 4.74 Å². The van der Waals surface area contributed by atoms with Crippen LogP contribution in [-0.2, 0) is 0 Å². The Kier molecular flexibility index (Phi) is 5.60. The molecule has 6 nitrogen and oxygen atoms in total. The lowest BCUT2D eigenvalue weighted by Crippen LogP contribution is -1.97. The molecular weight excluding hydrogens is 410 g/mol. The highest BCUT2D eigenvalue weighted by atomic mass is 16.5. The molecule has 2 aromatic carbocycles. The summed E-state index contributed by atoms with van der Waals surface area (Å²) in [5.41, 5.74) is 4.47. The molecule has 33 heavy (non-hydrogen) atoms. The molecule has 3 aromatic heterocycles. The molecule has 0 aliphatic rings. The van der Waals surface area contributed by atoms with Gasteiger partial charge in [0.2, 0.25) is 0 Å². The van der Waals surface area contributed by atoms with E-state index in [-0.39, 0.29) is 0 Å². The van der Waals surface area contributed by atoms with Crippen LogP contribution in [0.4, 0.5) is 11.5 Å². The zero-order valence-corrected chi connectivity index (χ0v) is 17.9. The number of hydrogen-bond acceptors (Lipinski definition) is 6. The molecule has 0 radical (unpaired) electrons. The molecule has 0 saturated carbocycles. The number of nitrogens with zero attached hydrogens (tertiary/aromatic N) is 4. The van der Waals surface area contributed by atoms with Gasteiger partial charge in [0.15, 0.2) is 0 Å². The van der Waals surface area contributed by atoms with Gasteiger partial charge in [-0.25, -0.2) is 9.97 Å². The highest BCUT2D eigenvalue weighted by Crippen LogP contribution is 2.29. The molecule has 0 amide bonds. The van der Waals surface area contributed by atoms with Gasteiger partial charge < -0.3 is 10.1 Å². The minimum absolute atomic E-state index is 0.697. The van der Waals surface area contributed by atoms with Crippen molar-refractivity contribution in [2.45, 2.75) is 6.92 Å². The zero-order valence-electron chi connectivity index (χ0n) is 17.9. The number of hydrogen-bond donors (Lipinski definition) is 1. The van der Waals surface area contributed by atoms with Crippen LogP contribution in [0.2, 0.25) is 0 Å². The molecule has 3 heterocycles. The van der Waals surface area contributed by atoms with E-state index >= 15 is 0 Å². The lowest BCUT2D eigenvalue weighted by Gasteiger charge is -2.12. The van der Waals surface area contributed by atoms with Gasteiger partial charge >= 0.3 is 0 Å². The van der Waals surface area contributed by atoms with Crippen molar-refractivity contribution >= 4 is 22.4 Å². The minimum Gasteiger partial charge on any atom is -0.455 e. The van der Waals surface area contributed by atoms with E-state index in [0.29, 0.717) is 11.6 Å². The van der Waals surface area contributed by atoms with E-state index in [0.717, 1.165) is 39.0 Å². The van der Waals surface area contributed by atoms with Gasteiger partial charge in [-0.05, 0) is 73.2 Å². The number of pyridine rings is 2. The zero-order chi connectivity index (χ0) is 22.5. The third-order valence-corrected chi connectivity index (χ3v) is 4.95. The highest BCUT2D eigenvalue weighted by molar-refractivity contribution is 5.91. The Morgan fingerprint density at radius 3 is 2.45 bits per heavy atom. The number of ether oxygens (including phenoxy) is 1. The molecule has 0 aliphatic carbocycles. The Labute approximate surface area is 191 Å². The Bertz CT molecular complexity index is 1470. The minimum atomic E-state index is 0.697. The van der Waals surface area contributed by atoms with Crippen molar-refractivity contribution in [1.29, 1.82) is 0 Å².